The summed E-state index contributed by atoms with van der Waals surface area (Å²) >= 11 is 3.47. The highest BCUT2D eigenvalue weighted by Gasteiger charge is 2.23. The van der Waals surface area contributed by atoms with Gasteiger partial charge in [0.25, 0.3) is 5.91 Å². The molecule has 0 bridgehead atoms. The minimum Gasteiger partial charge on any atom is -0.337 e. The van der Waals surface area contributed by atoms with Crippen LogP contribution in [0.1, 0.15) is 23.2 Å². The van der Waals surface area contributed by atoms with Crippen molar-refractivity contribution in [2.24, 2.45) is 0 Å². The maximum absolute atomic E-state index is 12.7. The summed E-state index contributed by atoms with van der Waals surface area (Å²) in [4.78, 5) is 14.6. The zero-order valence-corrected chi connectivity index (χ0v) is 13.7. The summed E-state index contributed by atoms with van der Waals surface area (Å²) in [5.74, 6) is 0.139. The molecule has 1 atom stereocenters. The number of carbonyl (C=O) groups is 1. The summed E-state index contributed by atoms with van der Waals surface area (Å²) < 4.78 is 1.06. The van der Waals surface area contributed by atoms with E-state index >= 15 is 0 Å². The second-order valence-electron chi connectivity index (χ2n) is 5.59. The lowest BCUT2D eigenvalue weighted by Crippen LogP contribution is -2.46. The normalized spacial score (nSPS) is 19.0. The van der Waals surface area contributed by atoms with E-state index in [4.69, 9.17) is 0 Å². The standard InChI is InChI=1S/C17H19BrN2O/c1-19-16-3-2-8-20(11-16)17(21)14-5-4-13-10-15(18)7-6-12(13)9-14/h4-7,9-10,16,19H,2-3,8,11H2,1H3. The fourth-order valence-corrected chi connectivity index (χ4v) is 3.31. The smallest absolute Gasteiger partial charge is 0.253 e. The van der Waals surface area contributed by atoms with Gasteiger partial charge in [0.15, 0.2) is 0 Å². The lowest BCUT2D eigenvalue weighted by molar-refractivity contribution is 0.0698. The van der Waals surface area contributed by atoms with Crippen molar-refractivity contribution >= 4 is 32.6 Å². The van der Waals surface area contributed by atoms with Gasteiger partial charge in [-0.1, -0.05) is 28.1 Å². The van der Waals surface area contributed by atoms with E-state index in [1.165, 1.54) is 0 Å². The maximum Gasteiger partial charge on any atom is 0.253 e. The molecular formula is C17H19BrN2O. The largest absolute Gasteiger partial charge is 0.337 e. The van der Waals surface area contributed by atoms with Crippen LogP contribution in [0.25, 0.3) is 10.8 Å². The lowest BCUT2D eigenvalue weighted by atomic mass is 10.0. The van der Waals surface area contributed by atoms with Crippen molar-refractivity contribution in [3.63, 3.8) is 0 Å². The van der Waals surface area contributed by atoms with Gasteiger partial charge in [-0.3, -0.25) is 4.79 Å². The SMILES string of the molecule is CNC1CCCN(C(=O)c2ccc3cc(Br)ccc3c2)C1. The first kappa shape index (κ1) is 14.5. The predicted octanol–water partition coefficient (Wildman–Crippen LogP) is 3.43. The van der Waals surface area contributed by atoms with Crippen LogP contribution in [0.2, 0.25) is 0 Å². The second kappa shape index (κ2) is 6.16. The van der Waals surface area contributed by atoms with Crippen LogP contribution in [0.5, 0.6) is 0 Å². The van der Waals surface area contributed by atoms with Gasteiger partial charge in [-0.25, -0.2) is 0 Å². The van der Waals surface area contributed by atoms with Crippen LogP contribution in [-0.4, -0.2) is 37.0 Å². The quantitative estimate of drug-likeness (QED) is 0.903. The molecule has 1 aliphatic rings. The van der Waals surface area contributed by atoms with E-state index in [-0.39, 0.29) is 5.91 Å². The zero-order valence-electron chi connectivity index (χ0n) is 12.1. The van der Waals surface area contributed by atoms with Gasteiger partial charge in [-0.05, 0) is 54.9 Å². The van der Waals surface area contributed by atoms with E-state index in [2.05, 4.69) is 27.3 Å². The Labute approximate surface area is 133 Å². The van der Waals surface area contributed by atoms with Crippen molar-refractivity contribution < 1.29 is 4.79 Å². The number of benzene rings is 2. The number of hydrogen-bond acceptors (Lipinski definition) is 2. The van der Waals surface area contributed by atoms with E-state index in [0.717, 1.165) is 46.7 Å². The van der Waals surface area contributed by atoms with E-state index in [0.29, 0.717) is 6.04 Å². The molecule has 0 aliphatic carbocycles. The summed E-state index contributed by atoms with van der Waals surface area (Å²) in [6.45, 7) is 1.66. The molecule has 0 radical (unpaired) electrons. The molecule has 21 heavy (non-hydrogen) atoms. The summed E-state index contributed by atoms with van der Waals surface area (Å²) in [6.07, 6.45) is 2.21. The van der Waals surface area contributed by atoms with Crippen molar-refractivity contribution in [3.8, 4) is 0 Å². The Balaban J connectivity index is 1.85. The molecule has 0 aromatic heterocycles. The van der Waals surface area contributed by atoms with E-state index < -0.39 is 0 Å². The average molecular weight is 347 g/mol. The highest BCUT2D eigenvalue weighted by Crippen LogP contribution is 2.22. The Morgan fingerprint density at radius 3 is 2.81 bits per heavy atom. The number of amides is 1. The summed E-state index contributed by atoms with van der Waals surface area (Å²) in [5, 5.41) is 5.53. The Kier molecular flexibility index (Phi) is 4.27. The number of piperidine rings is 1. The Morgan fingerprint density at radius 1 is 1.24 bits per heavy atom. The van der Waals surface area contributed by atoms with E-state index in [1.54, 1.807) is 0 Å². The van der Waals surface area contributed by atoms with Crippen LogP contribution in [0.15, 0.2) is 40.9 Å². The fraction of sp³-hybridized carbons (Fsp3) is 0.353. The number of likely N-dealkylation sites (N-methyl/N-ethyl adjacent to an activating group) is 1. The molecule has 110 valence electrons. The third kappa shape index (κ3) is 3.11. The minimum atomic E-state index is 0.139. The van der Waals surface area contributed by atoms with Crippen LogP contribution in [0.4, 0.5) is 0 Å². The number of nitrogens with one attached hydrogen (secondary N) is 1. The summed E-state index contributed by atoms with van der Waals surface area (Å²) in [5.41, 5.74) is 0.779. The van der Waals surface area contributed by atoms with Gasteiger partial charge in [-0.2, -0.15) is 0 Å². The third-order valence-corrected chi connectivity index (χ3v) is 4.66. The van der Waals surface area contributed by atoms with Gasteiger partial charge in [0, 0.05) is 29.2 Å². The molecule has 2 aromatic carbocycles. The number of rotatable bonds is 2. The molecule has 0 saturated carbocycles. The monoisotopic (exact) mass is 346 g/mol. The summed E-state index contributed by atoms with van der Waals surface area (Å²) in [7, 11) is 1.96. The maximum atomic E-state index is 12.7. The van der Waals surface area contributed by atoms with Gasteiger partial charge < -0.3 is 10.2 Å². The lowest BCUT2D eigenvalue weighted by Gasteiger charge is -2.32. The molecule has 1 unspecified atom stereocenters. The molecule has 1 amide bonds. The van der Waals surface area contributed by atoms with Crippen LogP contribution < -0.4 is 5.32 Å². The van der Waals surface area contributed by atoms with Crippen molar-refractivity contribution in [2.75, 3.05) is 20.1 Å². The number of nitrogens with zero attached hydrogens (tertiary/aromatic N) is 1. The highest BCUT2D eigenvalue weighted by molar-refractivity contribution is 9.10. The average Bonchev–Trinajstić information content (AvgIpc) is 2.53. The van der Waals surface area contributed by atoms with Crippen molar-refractivity contribution in [1.82, 2.24) is 10.2 Å². The molecule has 1 aliphatic heterocycles. The number of hydrogen-bond donors (Lipinski definition) is 1. The highest BCUT2D eigenvalue weighted by atomic mass is 79.9. The molecule has 0 spiro atoms. The number of likely N-dealkylation sites (tertiary alicyclic amines) is 1. The first-order valence-corrected chi connectivity index (χ1v) is 8.12. The molecule has 3 rings (SSSR count). The predicted molar refractivity (Wildman–Crippen MR) is 89.6 cm³/mol. The molecular weight excluding hydrogens is 328 g/mol. The van der Waals surface area contributed by atoms with Crippen LogP contribution in [0.3, 0.4) is 0 Å². The van der Waals surface area contributed by atoms with Gasteiger partial charge >= 0.3 is 0 Å². The zero-order chi connectivity index (χ0) is 14.8. The molecule has 3 nitrogen and oxygen atoms in total. The summed E-state index contributed by atoms with van der Waals surface area (Å²) in [6, 6.07) is 12.5. The first-order valence-electron chi connectivity index (χ1n) is 7.33. The van der Waals surface area contributed by atoms with Crippen molar-refractivity contribution in [2.45, 2.75) is 18.9 Å². The van der Waals surface area contributed by atoms with Crippen LogP contribution in [-0.2, 0) is 0 Å². The molecule has 1 fully saturated rings. The Morgan fingerprint density at radius 2 is 2.00 bits per heavy atom. The minimum absolute atomic E-state index is 0.139. The molecule has 1 saturated heterocycles. The van der Waals surface area contributed by atoms with Crippen LogP contribution >= 0.6 is 15.9 Å². The Bertz CT molecular complexity index is 671. The molecule has 2 aromatic rings. The van der Waals surface area contributed by atoms with E-state index in [9.17, 15) is 4.79 Å². The van der Waals surface area contributed by atoms with Crippen LogP contribution in [0, 0.1) is 0 Å². The number of halogens is 1. The third-order valence-electron chi connectivity index (χ3n) is 4.17. The van der Waals surface area contributed by atoms with Gasteiger partial charge in [-0.15, -0.1) is 0 Å². The number of carbonyl (C=O) groups excluding carboxylic acids is 1. The van der Waals surface area contributed by atoms with Gasteiger partial charge in [0.1, 0.15) is 0 Å². The van der Waals surface area contributed by atoms with Gasteiger partial charge in [0.05, 0.1) is 0 Å². The molecule has 4 heteroatoms. The van der Waals surface area contributed by atoms with Gasteiger partial charge in [0.2, 0.25) is 0 Å². The number of fused-ring (bicyclic) bond motifs is 1. The second-order valence-corrected chi connectivity index (χ2v) is 6.50. The molecule has 1 N–H and O–H groups in total. The first-order chi connectivity index (χ1) is 10.2. The van der Waals surface area contributed by atoms with Crippen molar-refractivity contribution in [3.05, 3.63) is 46.4 Å². The molecule has 1 heterocycles. The van der Waals surface area contributed by atoms with E-state index in [1.807, 2.05) is 42.3 Å². The topological polar surface area (TPSA) is 32.3 Å². The fourth-order valence-electron chi connectivity index (χ4n) is 2.93. The van der Waals surface area contributed by atoms with Crippen molar-refractivity contribution in [1.29, 1.82) is 0 Å². The Hall–Kier alpha value is -1.39.